The Morgan fingerprint density at radius 1 is 0.290 bits per heavy atom. The van der Waals surface area contributed by atoms with Crippen LogP contribution in [0, 0.1) is 180 Å². The maximum atomic E-state index is 5.72. The molecule has 7 nitrogen and oxygen atoms in total. The first kappa shape index (κ1) is 89.8. The first-order chi connectivity index (χ1) is 47.2. The zero-order valence-electron chi connectivity index (χ0n) is 64.6. The lowest BCUT2D eigenvalue weighted by molar-refractivity contribution is 0.531. The van der Waals surface area contributed by atoms with E-state index in [1.54, 1.807) is 59.1 Å². The highest BCUT2D eigenvalue weighted by atomic mass is 35.5. The molecule has 0 fully saturated rings. The molecule has 534 valence electrons. The molecule has 0 saturated heterocycles. The van der Waals surface area contributed by atoms with Gasteiger partial charge in [0, 0.05) is 68.4 Å². The number of hydrogen-bond donors (Lipinski definition) is 0. The van der Waals surface area contributed by atoms with Crippen LogP contribution in [0.1, 0.15) is 144 Å². The van der Waals surface area contributed by atoms with Crippen molar-refractivity contribution >= 4 is 57.2 Å². The number of halogens is 2. The summed E-state index contributed by atoms with van der Waals surface area (Å²) < 4.78 is 14.8. The van der Waals surface area contributed by atoms with E-state index >= 15 is 0 Å². The number of aromatic nitrogens is 4. The Morgan fingerprint density at radius 2 is 0.630 bits per heavy atom. The molecule has 0 saturated carbocycles. The van der Waals surface area contributed by atoms with Crippen LogP contribution in [0.4, 0.5) is 0 Å². The molecule has 0 amide bonds. The van der Waals surface area contributed by atoms with Crippen molar-refractivity contribution in [3.05, 3.63) is 359 Å². The molecule has 10 aromatic heterocycles. The van der Waals surface area contributed by atoms with Gasteiger partial charge in [-0.05, 0) is 386 Å². The summed E-state index contributed by atoms with van der Waals surface area (Å²) in [6.07, 6.45) is 17.9. The maximum Gasteiger partial charge on any atom is 0.103 e. The average molecular weight is 1440 g/mol. The number of nitrogens with zero attached hydrogens (tertiary/aromatic N) is 4. The fraction of sp³-hybridized carbons (Fsp3) is 0.295. The lowest BCUT2D eigenvalue weighted by atomic mass is 10.1. The van der Waals surface area contributed by atoms with E-state index in [1.807, 2.05) is 165 Å². The monoisotopic (exact) mass is 1440 g/mol. The second kappa shape index (κ2) is 51.0. The van der Waals surface area contributed by atoms with E-state index in [4.69, 9.17) is 36.5 Å². The van der Waals surface area contributed by atoms with Crippen LogP contribution in [0.15, 0.2) is 218 Å². The molecule has 0 atom stereocenters. The zero-order valence-corrected chi connectivity index (χ0v) is 68.6. The van der Waals surface area contributed by atoms with Crippen molar-refractivity contribution in [2.24, 2.45) is 0 Å². The highest BCUT2D eigenvalue weighted by molar-refractivity contribution is 7.10. The summed E-state index contributed by atoms with van der Waals surface area (Å²) >= 11 is 16.8. The highest BCUT2D eigenvalue weighted by Gasteiger charge is 1.96. The summed E-state index contributed by atoms with van der Waals surface area (Å²) in [6, 6.07) is 40.4. The number of furan rings is 3. The van der Waals surface area contributed by atoms with Gasteiger partial charge in [0.2, 0.25) is 0 Å². The number of pyridine rings is 4. The topological polar surface area (TPSA) is 91.0 Å². The molecule has 0 aliphatic rings. The number of thiophene rings is 3. The van der Waals surface area contributed by atoms with Crippen LogP contribution in [0.2, 0.25) is 10.0 Å². The van der Waals surface area contributed by atoms with Crippen molar-refractivity contribution in [3.8, 4) is 0 Å². The number of rotatable bonds is 0. The molecule has 13 aromatic rings. The summed E-state index contributed by atoms with van der Waals surface area (Å²) in [6.45, 7) is 53.7. The summed E-state index contributed by atoms with van der Waals surface area (Å²) in [5.74, 6) is 2.03. The normalized spacial score (nSPS) is 9.40. The predicted octanol–water partition coefficient (Wildman–Crippen LogP) is 27.8. The molecule has 0 spiro atoms. The first-order valence-electron chi connectivity index (χ1n) is 33.3. The SMILES string of the molecule is Cc1ccc(Cl)cc1C.Cc1ccc(Cl)cc1C.Cc1ccccc1C.Cc1cccnc1C.Cc1cccnc1C.Cc1ccncc1C.Cc1ccncc1C.Cc1ccoc1C.Cc1ccoc1C.Cc1ccsc1C.Cc1ccsc1C.Cc1cocc1C.Cc1cscc1C. The van der Waals surface area contributed by atoms with Gasteiger partial charge in [0.15, 0.2) is 0 Å². The third-order valence-electron chi connectivity index (χ3n) is 16.2. The van der Waals surface area contributed by atoms with Gasteiger partial charge in [-0.1, -0.05) is 71.7 Å². The van der Waals surface area contributed by atoms with Crippen LogP contribution in [-0.4, -0.2) is 19.9 Å². The minimum absolute atomic E-state index is 0.818. The van der Waals surface area contributed by atoms with Crippen LogP contribution < -0.4 is 0 Å². The third kappa shape index (κ3) is 40.1. The molecular formula is C88H112Cl2N4O3S3. The molecule has 0 unspecified atom stereocenters. The van der Waals surface area contributed by atoms with Gasteiger partial charge < -0.3 is 13.3 Å². The quantitative estimate of drug-likeness (QED) is 0.149. The molecule has 0 aliphatic heterocycles. The molecular weight excluding hydrogens is 1330 g/mol. The van der Waals surface area contributed by atoms with E-state index in [2.05, 4.69) is 215 Å². The smallest absolute Gasteiger partial charge is 0.103 e. The predicted molar refractivity (Wildman–Crippen MR) is 439 cm³/mol. The van der Waals surface area contributed by atoms with Gasteiger partial charge in [-0.15, -0.1) is 22.7 Å². The van der Waals surface area contributed by atoms with Gasteiger partial charge in [-0.3, -0.25) is 19.9 Å². The number of hydrogen-bond acceptors (Lipinski definition) is 10. The van der Waals surface area contributed by atoms with Gasteiger partial charge >= 0.3 is 0 Å². The molecule has 10 heterocycles. The molecule has 0 aliphatic carbocycles. The fourth-order valence-corrected chi connectivity index (χ4v) is 9.69. The van der Waals surface area contributed by atoms with Crippen LogP contribution in [-0.2, 0) is 0 Å². The Hall–Kier alpha value is -8.22. The van der Waals surface area contributed by atoms with Crippen molar-refractivity contribution in [1.82, 2.24) is 19.9 Å². The number of aryl methyl sites for hydroxylation is 26. The summed E-state index contributed by atoms with van der Waals surface area (Å²) in [5, 5.41) is 10.2. The molecule has 3 aromatic carbocycles. The van der Waals surface area contributed by atoms with Crippen LogP contribution in [0.3, 0.4) is 0 Å². The van der Waals surface area contributed by atoms with Crippen LogP contribution in [0.5, 0.6) is 0 Å². The van der Waals surface area contributed by atoms with Crippen molar-refractivity contribution in [2.75, 3.05) is 0 Å². The Balaban J connectivity index is 0.000000542. The van der Waals surface area contributed by atoms with Crippen LogP contribution >= 0.6 is 57.2 Å². The zero-order chi connectivity index (χ0) is 75.3. The van der Waals surface area contributed by atoms with Crippen LogP contribution in [0.25, 0.3) is 0 Å². The van der Waals surface area contributed by atoms with Crippen molar-refractivity contribution in [2.45, 2.75) is 180 Å². The highest BCUT2D eigenvalue weighted by Crippen LogP contribution is 2.17. The molecule has 0 radical (unpaired) electrons. The van der Waals surface area contributed by atoms with Gasteiger partial charge in [-0.2, -0.15) is 11.3 Å². The first-order valence-corrected chi connectivity index (χ1v) is 36.7. The van der Waals surface area contributed by atoms with E-state index < -0.39 is 0 Å². The third-order valence-corrected chi connectivity index (χ3v) is 19.5. The van der Waals surface area contributed by atoms with E-state index in [0.717, 1.165) is 33.0 Å². The molecule has 0 N–H and O–H groups in total. The maximum absolute atomic E-state index is 5.72. The molecule has 13 rings (SSSR count). The lowest BCUT2D eigenvalue weighted by Gasteiger charge is -1.97. The van der Waals surface area contributed by atoms with E-state index in [-0.39, 0.29) is 0 Å². The Labute approximate surface area is 624 Å². The Morgan fingerprint density at radius 3 is 0.790 bits per heavy atom. The van der Waals surface area contributed by atoms with Crippen molar-refractivity contribution < 1.29 is 13.3 Å². The van der Waals surface area contributed by atoms with E-state index in [0.29, 0.717) is 0 Å². The summed E-state index contributed by atoms with van der Waals surface area (Å²) in [5.41, 5.74) is 28.2. The van der Waals surface area contributed by atoms with E-state index in [9.17, 15) is 0 Å². The van der Waals surface area contributed by atoms with Gasteiger partial charge in [0.1, 0.15) is 11.5 Å². The molecule has 12 heteroatoms. The standard InChI is InChI=1S/2C8H9Cl.C8H10.4C7H9N.3C6H8O.3C6H8S/c2*1-6-3-4-8(9)5-7(6)2;1-7-5-3-4-6-8(7)2;2*1-6-3-4-8-5-7(6)2;2*1-6-4-3-5-8-7(6)2;1-5-3-7-4-6(5)2;2*1-5-3-4-7-6(5)2;1-5-3-7-4-6(5)2;2*1-5-3-4-7-6(5)2/h2*3-5H,1-2H3;3-6H,1-2H3;4*3-5H,1-2H3;6*3-4H,1-2H3. The number of benzene rings is 3. The summed E-state index contributed by atoms with van der Waals surface area (Å²) in [4.78, 5) is 18.9. The van der Waals surface area contributed by atoms with Gasteiger partial charge in [0.05, 0.1) is 25.1 Å². The van der Waals surface area contributed by atoms with Gasteiger partial charge in [-0.25, -0.2) is 0 Å². The second-order valence-corrected chi connectivity index (χ2v) is 28.2. The largest absolute Gasteiger partial charge is 0.472 e. The Kier molecular flexibility index (Phi) is 45.8. The minimum Gasteiger partial charge on any atom is -0.472 e. The fourth-order valence-electron chi connectivity index (χ4n) is 6.93. The molecule has 100 heavy (non-hydrogen) atoms. The lowest BCUT2D eigenvalue weighted by Crippen LogP contribution is -1.81. The second-order valence-electron chi connectivity index (χ2n) is 24.4. The molecule has 0 bridgehead atoms. The van der Waals surface area contributed by atoms with Gasteiger partial charge in [0.25, 0.3) is 0 Å². The van der Waals surface area contributed by atoms with Crippen molar-refractivity contribution in [1.29, 1.82) is 0 Å². The average Bonchev–Trinajstić information content (AvgIpc) is 1.74. The summed E-state index contributed by atoms with van der Waals surface area (Å²) in [7, 11) is 0. The van der Waals surface area contributed by atoms with Crippen molar-refractivity contribution in [3.63, 3.8) is 0 Å². The minimum atomic E-state index is 0.818. The Bertz CT molecular complexity index is 3490. The van der Waals surface area contributed by atoms with E-state index in [1.165, 1.54) is 121 Å².